The molecule has 2 N–H and O–H groups in total. The first-order valence-electron chi connectivity index (χ1n) is 8.30. The standard InChI is InChI=1S/C19H25N3O2/c1-4-14-7-6-8-15(5-2)18(14)22-17-13-16(9-10-20-17)19(23)21-11-12-24-3/h6-10,13H,4-5,11-12H2,1-3H3,(H,20,22)(H,21,23). The Bertz CT molecular complexity index is 664. The molecule has 0 spiro atoms. The first kappa shape index (κ1) is 17.9. The van der Waals surface area contributed by atoms with Gasteiger partial charge in [0.2, 0.25) is 0 Å². The van der Waals surface area contributed by atoms with Gasteiger partial charge in [-0.05, 0) is 36.1 Å². The number of carbonyl (C=O) groups is 1. The molecule has 0 aliphatic carbocycles. The Labute approximate surface area is 143 Å². The van der Waals surface area contributed by atoms with Crippen molar-refractivity contribution >= 4 is 17.4 Å². The lowest BCUT2D eigenvalue weighted by molar-refractivity contribution is 0.0937. The van der Waals surface area contributed by atoms with Crippen LogP contribution in [0.25, 0.3) is 0 Å². The monoisotopic (exact) mass is 327 g/mol. The zero-order chi connectivity index (χ0) is 17.4. The molecule has 2 aromatic rings. The zero-order valence-electron chi connectivity index (χ0n) is 14.6. The molecule has 1 aromatic heterocycles. The van der Waals surface area contributed by atoms with Crippen LogP contribution in [0.5, 0.6) is 0 Å². The van der Waals surface area contributed by atoms with Crippen molar-refractivity contribution in [2.45, 2.75) is 26.7 Å². The van der Waals surface area contributed by atoms with Crippen LogP contribution >= 0.6 is 0 Å². The number of hydrogen-bond acceptors (Lipinski definition) is 4. The molecule has 128 valence electrons. The van der Waals surface area contributed by atoms with Crippen molar-refractivity contribution in [2.24, 2.45) is 0 Å². The third kappa shape index (κ3) is 4.55. The summed E-state index contributed by atoms with van der Waals surface area (Å²) in [7, 11) is 1.61. The molecular weight excluding hydrogens is 302 g/mol. The number of carbonyl (C=O) groups excluding carboxylic acids is 1. The van der Waals surface area contributed by atoms with Gasteiger partial charge in [-0.25, -0.2) is 4.98 Å². The van der Waals surface area contributed by atoms with Crippen LogP contribution in [-0.4, -0.2) is 31.2 Å². The van der Waals surface area contributed by atoms with E-state index in [1.165, 1.54) is 11.1 Å². The van der Waals surface area contributed by atoms with Gasteiger partial charge in [-0.2, -0.15) is 0 Å². The highest BCUT2D eigenvalue weighted by molar-refractivity contribution is 5.94. The second-order valence-corrected chi connectivity index (χ2v) is 5.46. The third-order valence-corrected chi connectivity index (χ3v) is 3.87. The molecule has 2 rings (SSSR count). The molecular formula is C19H25N3O2. The Morgan fingerprint density at radius 3 is 2.50 bits per heavy atom. The summed E-state index contributed by atoms with van der Waals surface area (Å²) in [6, 6.07) is 9.79. The van der Waals surface area contributed by atoms with Gasteiger partial charge in [-0.3, -0.25) is 4.79 Å². The topological polar surface area (TPSA) is 63.2 Å². The van der Waals surface area contributed by atoms with Gasteiger partial charge >= 0.3 is 0 Å². The highest BCUT2D eigenvalue weighted by Gasteiger charge is 2.10. The van der Waals surface area contributed by atoms with Crippen LogP contribution in [0.15, 0.2) is 36.5 Å². The van der Waals surface area contributed by atoms with E-state index in [9.17, 15) is 4.79 Å². The second-order valence-electron chi connectivity index (χ2n) is 5.46. The largest absolute Gasteiger partial charge is 0.383 e. The summed E-state index contributed by atoms with van der Waals surface area (Å²) in [4.78, 5) is 16.5. The maximum atomic E-state index is 12.1. The molecule has 0 aliphatic rings. The SMILES string of the molecule is CCc1cccc(CC)c1Nc1cc(C(=O)NCCOC)ccn1. The summed E-state index contributed by atoms with van der Waals surface area (Å²) < 4.78 is 4.94. The average Bonchev–Trinajstić information content (AvgIpc) is 2.62. The number of aryl methyl sites for hydroxylation is 2. The number of aromatic nitrogens is 1. The minimum Gasteiger partial charge on any atom is -0.383 e. The summed E-state index contributed by atoms with van der Waals surface area (Å²) in [6.45, 7) is 5.24. The van der Waals surface area contributed by atoms with E-state index in [4.69, 9.17) is 4.74 Å². The van der Waals surface area contributed by atoms with E-state index in [0.717, 1.165) is 18.5 Å². The van der Waals surface area contributed by atoms with Crippen LogP contribution in [0.4, 0.5) is 11.5 Å². The number of rotatable bonds is 8. The molecule has 0 bridgehead atoms. The van der Waals surface area contributed by atoms with Crippen LogP contribution in [0.3, 0.4) is 0 Å². The Kier molecular flexibility index (Phi) is 6.75. The van der Waals surface area contributed by atoms with Gasteiger partial charge in [0.25, 0.3) is 5.91 Å². The van der Waals surface area contributed by atoms with E-state index in [1.54, 1.807) is 25.4 Å². The molecule has 5 nitrogen and oxygen atoms in total. The van der Waals surface area contributed by atoms with E-state index >= 15 is 0 Å². The van der Waals surface area contributed by atoms with Crippen molar-refractivity contribution in [1.82, 2.24) is 10.3 Å². The van der Waals surface area contributed by atoms with Crippen molar-refractivity contribution in [3.63, 3.8) is 0 Å². The maximum absolute atomic E-state index is 12.1. The van der Waals surface area contributed by atoms with E-state index in [1.807, 2.05) is 0 Å². The molecule has 0 fully saturated rings. The van der Waals surface area contributed by atoms with E-state index in [0.29, 0.717) is 24.5 Å². The zero-order valence-corrected chi connectivity index (χ0v) is 14.6. The Balaban J connectivity index is 2.20. The lowest BCUT2D eigenvalue weighted by Gasteiger charge is -2.15. The van der Waals surface area contributed by atoms with Gasteiger partial charge in [0, 0.05) is 31.1 Å². The van der Waals surface area contributed by atoms with Crippen LogP contribution in [-0.2, 0) is 17.6 Å². The lowest BCUT2D eigenvalue weighted by Crippen LogP contribution is -2.27. The number of amides is 1. The number of methoxy groups -OCH3 is 1. The third-order valence-electron chi connectivity index (χ3n) is 3.87. The maximum Gasteiger partial charge on any atom is 0.251 e. The molecule has 24 heavy (non-hydrogen) atoms. The fourth-order valence-corrected chi connectivity index (χ4v) is 2.54. The molecule has 1 aromatic carbocycles. The van der Waals surface area contributed by atoms with Crippen LogP contribution in [0.2, 0.25) is 0 Å². The van der Waals surface area contributed by atoms with Crippen molar-refractivity contribution in [2.75, 3.05) is 25.6 Å². The highest BCUT2D eigenvalue weighted by Crippen LogP contribution is 2.26. The van der Waals surface area contributed by atoms with E-state index in [2.05, 4.69) is 47.7 Å². The van der Waals surface area contributed by atoms with Gasteiger partial charge in [-0.1, -0.05) is 32.0 Å². The molecule has 0 aliphatic heterocycles. The molecule has 0 unspecified atom stereocenters. The van der Waals surface area contributed by atoms with Crippen LogP contribution < -0.4 is 10.6 Å². The number of ether oxygens (including phenoxy) is 1. The number of hydrogen-bond donors (Lipinski definition) is 2. The normalized spacial score (nSPS) is 10.5. The van der Waals surface area contributed by atoms with Gasteiger partial charge in [-0.15, -0.1) is 0 Å². The number of para-hydroxylation sites is 1. The smallest absolute Gasteiger partial charge is 0.251 e. The molecule has 0 radical (unpaired) electrons. The van der Waals surface area contributed by atoms with Crippen molar-refractivity contribution < 1.29 is 9.53 Å². The fourth-order valence-electron chi connectivity index (χ4n) is 2.54. The minimum atomic E-state index is -0.128. The van der Waals surface area contributed by atoms with Crippen molar-refractivity contribution in [1.29, 1.82) is 0 Å². The van der Waals surface area contributed by atoms with E-state index < -0.39 is 0 Å². The quantitative estimate of drug-likeness (QED) is 0.730. The summed E-state index contributed by atoms with van der Waals surface area (Å²) in [6.07, 6.45) is 3.52. The van der Waals surface area contributed by atoms with Crippen LogP contribution in [0, 0.1) is 0 Å². The Hall–Kier alpha value is -2.40. The van der Waals surface area contributed by atoms with Gasteiger partial charge in [0.05, 0.1) is 6.61 Å². The minimum absolute atomic E-state index is 0.128. The predicted octanol–water partition coefficient (Wildman–Crippen LogP) is 3.33. The molecule has 1 amide bonds. The van der Waals surface area contributed by atoms with Gasteiger partial charge < -0.3 is 15.4 Å². The number of pyridine rings is 1. The first-order chi connectivity index (χ1) is 11.7. The highest BCUT2D eigenvalue weighted by atomic mass is 16.5. The average molecular weight is 327 g/mol. The first-order valence-corrected chi connectivity index (χ1v) is 8.30. The van der Waals surface area contributed by atoms with Crippen LogP contribution in [0.1, 0.15) is 35.3 Å². The Morgan fingerprint density at radius 2 is 1.88 bits per heavy atom. The number of anilines is 2. The lowest BCUT2D eigenvalue weighted by atomic mass is 10.0. The Morgan fingerprint density at radius 1 is 1.17 bits per heavy atom. The van der Waals surface area contributed by atoms with Gasteiger partial charge in [0.1, 0.15) is 5.82 Å². The van der Waals surface area contributed by atoms with Crippen molar-refractivity contribution in [3.8, 4) is 0 Å². The fraction of sp³-hybridized carbons (Fsp3) is 0.368. The molecule has 0 saturated carbocycles. The summed E-state index contributed by atoms with van der Waals surface area (Å²) in [5, 5.41) is 6.21. The van der Waals surface area contributed by atoms with Crippen molar-refractivity contribution in [3.05, 3.63) is 53.2 Å². The van der Waals surface area contributed by atoms with E-state index in [-0.39, 0.29) is 5.91 Å². The molecule has 5 heteroatoms. The molecule has 1 heterocycles. The number of nitrogens with zero attached hydrogens (tertiary/aromatic N) is 1. The number of nitrogens with one attached hydrogen (secondary N) is 2. The summed E-state index contributed by atoms with van der Waals surface area (Å²) in [5.74, 6) is 0.544. The number of benzene rings is 1. The second kappa shape index (κ2) is 9.03. The molecule has 0 saturated heterocycles. The molecule has 0 atom stereocenters. The predicted molar refractivity (Wildman–Crippen MR) is 96.9 cm³/mol. The van der Waals surface area contributed by atoms with Gasteiger partial charge in [0.15, 0.2) is 0 Å². The summed E-state index contributed by atoms with van der Waals surface area (Å²) >= 11 is 0. The summed E-state index contributed by atoms with van der Waals surface area (Å²) in [5.41, 5.74) is 4.15.